The Morgan fingerprint density at radius 3 is 2.87 bits per heavy atom. The number of ether oxygens (including phenoxy) is 2. The zero-order valence-corrected chi connectivity index (χ0v) is 14.2. The van der Waals surface area contributed by atoms with E-state index in [-0.39, 0.29) is 18.7 Å². The van der Waals surface area contributed by atoms with E-state index in [0.717, 1.165) is 36.4 Å². The molecule has 0 aromatic heterocycles. The van der Waals surface area contributed by atoms with E-state index in [1.807, 2.05) is 39.2 Å². The molecule has 0 spiro atoms. The van der Waals surface area contributed by atoms with Crippen LogP contribution in [-0.2, 0) is 11.2 Å². The number of nitrogens with one attached hydrogen (secondary N) is 1. The lowest BCUT2D eigenvalue weighted by atomic mass is 10.0. The number of hydrogen-bond donors (Lipinski definition) is 2. The summed E-state index contributed by atoms with van der Waals surface area (Å²) >= 11 is 0. The van der Waals surface area contributed by atoms with Crippen molar-refractivity contribution in [1.29, 1.82) is 0 Å². The number of hydrogen-bond acceptors (Lipinski definition) is 5. The van der Waals surface area contributed by atoms with Crippen LogP contribution in [0.2, 0.25) is 0 Å². The van der Waals surface area contributed by atoms with E-state index >= 15 is 0 Å². The van der Waals surface area contributed by atoms with Crippen LogP contribution in [0.4, 0.5) is 0 Å². The van der Waals surface area contributed by atoms with Crippen LogP contribution in [0, 0.1) is 0 Å². The van der Waals surface area contributed by atoms with E-state index < -0.39 is 6.04 Å². The number of likely N-dealkylation sites (N-methyl/N-ethyl adjacent to an activating group) is 1. The van der Waals surface area contributed by atoms with Gasteiger partial charge in [-0.2, -0.15) is 0 Å². The average Bonchev–Trinajstić information content (AvgIpc) is 3.01. The van der Waals surface area contributed by atoms with E-state index in [1.165, 1.54) is 0 Å². The molecule has 1 aromatic rings. The predicted octanol–water partition coefficient (Wildman–Crippen LogP) is 1.13. The molecule has 6 nitrogen and oxygen atoms in total. The maximum absolute atomic E-state index is 12.4. The quantitative estimate of drug-likeness (QED) is 0.702. The van der Waals surface area contributed by atoms with Gasteiger partial charge < -0.3 is 25.4 Å². The molecular weight excluding hydrogens is 294 g/mol. The molecule has 1 heterocycles. The third-order valence-corrected chi connectivity index (χ3v) is 4.24. The number of fused-ring (bicyclic) bond motifs is 1. The molecule has 1 aromatic carbocycles. The van der Waals surface area contributed by atoms with Gasteiger partial charge in [0.1, 0.15) is 0 Å². The monoisotopic (exact) mass is 321 g/mol. The standard InChI is InChI=1S/C17H27N3O3/c1-12(20(3)17(21)14(18)5-4-8-19-2)9-13-6-7-15-16(10-13)23-11-22-15/h6-7,10,12,14,19H,4-5,8-9,11,18H2,1-3H3. The minimum atomic E-state index is -0.437. The van der Waals surface area contributed by atoms with Gasteiger partial charge in [0.05, 0.1) is 6.04 Å². The smallest absolute Gasteiger partial charge is 0.239 e. The minimum absolute atomic E-state index is 0.00523. The Kier molecular flexibility index (Phi) is 6.24. The van der Waals surface area contributed by atoms with Crippen LogP contribution in [0.3, 0.4) is 0 Å². The first kappa shape index (κ1) is 17.6. The summed E-state index contributed by atoms with van der Waals surface area (Å²) in [7, 11) is 3.71. The van der Waals surface area contributed by atoms with Gasteiger partial charge in [0, 0.05) is 13.1 Å². The van der Waals surface area contributed by atoms with E-state index in [9.17, 15) is 4.79 Å². The number of benzene rings is 1. The molecule has 6 heteroatoms. The second kappa shape index (κ2) is 8.17. The fourth-order valence-electron chi connectivity index (χ4n) is 2.65. The van der Waals surface area contributed by atoms with Crippen LogP contribution in [0.15, 0.2) is 18.2 Å². The van der Waals surface area contributed by atoms with Crippen LogP contribution >= 0.6 is 0 Å². The highest BCUT2D eigenvalue weighted by atomic mass is 16.7. The zero-order valence-electron chi connectivity index (χ0n) is 14.2. The first-order chi connectivity index (χ1) is 11.0. The van der Waals surface area contributed by atoms with Gasteiger partial charge >= 0.3 is 0 Å². The Hall–Kier alpha value is -1.79. The molecule has 0 saturated heterocycles. The Labute approximate surface area is 137 Å². The molecule has 1 aliphatic rings. The fraction of sp³-hybridized carbons (Fsp3) is 0.588. The number of amides is 1. The topological polar surface area (TPSA) is 76.8 Å². The Bertz CT molecular complexity index is 536. The van der Waals surface area contributed by atoms with Crippen LogP contribution in [0.1, 0.15) is 25.3 Å². The molecule has 0 aliphatic carbocycles. The second-order valence-electron chi connectivity index (χ2n) is 6.04. The first-order valence-corrected chi connectivity index (χ1v) is 8.08. The fourth-order valence-corrected chi connectivity index (χ4v) is 2.65. The Morgan fingerprint density at radius 1 is 1.39 bits per heavy atom. The van der Waals surface area contributed by atoms with Gasteiger partial charge in [-0.25, -0.2) is 0 Å². The summed E-state index contributed by atoms with van der Waals surface area (Å²) in [6, 6.07) is 5.53. The highest BCUT2D eigenvalue weighted by molar-refractivity contribution is 5.81. The van der Waals surface area contributed by atoms with Gasteiger partial charge in [0.2, 0.25) is 12.7 Å². The van der Waals surface area contributed by atoms with Crippen LogP contribution in [0.25, 0.3) is 0 Å². The number of carbonyl (C=O) groups is 1. The third kappa shape index (κ3) is 4.59. The summed E-state index contributed by atoms with van der Waals surface area (Å²) in [5.74, 6) is 1.54. The maximum atomic E-state index is 12.4. The molecule has 1 amide bonds. The second-order valence-corrected chi connectivity index (χ2v) is 6.04. The molecule has 3 N–H and O–H groups in total. The highest BCUT2D eigenvalue weighted by Crippen LogP contribution is 2.32. The molecule has 0 fully saturated rings. The molecule has 0 saturated carbocycles. The number of carbonyl (C=O) groups excluding carboxylic acids is 1. The maximum Gasteiger partial charge on any atom is 0.239 e. The zero-order chi connectivity index (χ0) is 16.8. The van der Waals surface area contributed by atoms with Crippen molar-refractivity contribution in [3.05, 3.63) is 23.8 Å². The number of nitrogens with zero attached hydrogens (tertiary/aromatic N) is 1. The lowest BCUT2D eigenvalue weighted by Gasteiger charge is -2.28. The first-order valence-electron chi connectivity index (χ1n) is 8.08. The van der Waals surface area contributed by atoms with E-state index in [4.69, 9.17) is 15.2 Å². The molecule has 1 aliphatic heterocycles. The highest BCUT2D eigenvalue weighted by Gasteiger charge is 2.22. The summed E-state index contributed by atoms with van der Waals surface area (Å²) in [5.41, 5.74) is 7.12. The van der Waals surface area contributed by atoms with Crippen LogP contribution in [-0.4, -0.2) is 50.3 Å². The number of nitrogens with two attached hydrogens (primary N) is 1. The Morgan fingerprint density at radius 2 is 2.13 bits per heavy atom. The lowest BCUT2D eigenvalue weighted by Crippen LogP contribution is -2.46. The van der Waals surface area contributed by atoms with Crippen molar-refractivity contribution < 1.29 is 14.3 Å². The molecule has 2 rings (SSSR count). The molecule has 2 unspecified atom stereocenters. The van der Waals surface area contributed by atoms with Crippen molar-refractivity contribution in [3.8, 4) is 11.5 Å². The normalized spacial score (nSPS) is 15.3. The van der Waals surface area contributed by atoms with Crippen molar-refractivity contribution in [3.63, 3.8) is 0 Å². The summed E-state index contributed by atoms with van der Waals surface area (Å²) in [4.78, 5) is 14.1. The SMILES string of the molecule is CNCCCC(N)C(=O)N(C)C(C)Cc1ccc2c(c1)OCO2. The molecule has 0 bridgehead atoms. The third-order valence-electron chi connectivity index (χ3n) is 4.24. The van der Waals surface area contributed by atoms with Crippen LogP contribution < -0.4 is 20.5 Å². The van der Waals surface area contributed by atoms with Crippen molar-refractivity contribution >= 4 is 5.91 Å². The van der Waals surface area contributed by atoms with E-state index in [2.05, 4.69) is 5.32 Å². The van der Waals surface area contributed by atoms with Crippen molar-refractivity contribution in [1.82, 2.24) is 10.2 Å². The van der Waals surface area contributed by atoms with Crippen LogP contribution in [0.5, 0.6) is 11.5 Å². The van der Waals surface area contributed by atoms with Crippen molar-refractivity contribution in [2.75, 3.05) is 27.4 Å². The molecule has 128 valence electrons. The largest absolute Gasteiger partial charge is 0.454 e. The predicted molar refractivity (Wildman–Crippen MR) is 89.6 cm³/mol. The summed E-state index contributed by atoms with van der Waals surface area (Å²) in [6.07, 6.45) is 2.34. The van der Waals surface area contributed by atoms with Gasteiger partial charge in [-0.3, -0.25) is 4.79 Å². The van der Waals surface area contributed by atoms with Gasteiger partial charge in [0.25, 0.3) is 0 Å². The summed E-state index contributed by atoms with van der Waals surface area (Å²) < 4.78 is 10.7. The minimum Gasteiger partial charge on any atom is -0.454 e. The van der Waals surface area contributed by atoms with E-state index in [0.29, 0.717) is 6.42 Å². The average molecular weight is 321 g/mol. The molecule has 0 radical (unpaired) electrons. The van der Waals surface area contributed by atoms with Crippen molar-refractivity contribution in [2.45, 2.75) is 38.3 Å². The van der Waals surface area contributed by atoms with Gasteiger partial charge in [-0.15, -0.1) is 0 Å². The van der Waals surface area contributed by atoms with Gasteiger partial charge in [0.15, 0.2) is 11.5 Å². The Balaban J connectivity index is 1.88. The molecule has 23 heavy (non-hydrogen) atoms. The van der Waals surface area contributed by atoms with Crippen molar-refractivity contribution in [2.24, 2.45) is 5.73 Å². The van der Waals surface area contributed by atoms with Gasteiger partial charge in [-0.1, -0.05) is 6.07 Å². The lowest BCUT2D eigenvalue weighted by molar-refractivity contribution is -0.133. The molecule has 2 atom stereocenters. The number of rotatable bonds is 8. The van der Waals surface area contributed by atoms with E-state index in [1.54, 1.807) is 4.90 Å². The molecular formula is C17H27N3O3. The summed E-state index contributed by atoms with van der Waals surface area (Å²) in [5, 5.41) is 3.06. The summed E-state index contributed by atoms with van der Waals surface area (Å²) in [6.45, 7) is 3.18. The van der Waals surface area contributed by atoms with Gasteiger partial charge in [-0.05, 0) is 57.5 Å².